The molecule has 3 rings (SSSR count). The molecular weight excluding hydrogens is 606 g/mol. The second-order valence-electron chi connectivity index (χ2n) is 11.1. The maximum absolute atomic E-state index is 13.4. The number of likely N-dealkylation sites (tertiary alicyclic amines) is 1. The number of nitrogens with zero attached hydrogens (tertiary/aromatic N) is 1. The molecular formula is C35H43N3O9. The number of hydrogen-bond donors (Lipinski definition) is 3. The number of aliphatic hydroxyl groups is 1. The second-order valence-corrected chi connectivity index (χ2v) is 11.1. The van der Waals surface area contributed by atoms with Crippen LogP contribution in [0.1, 0.15) is 43.2 Å². The lowest BCUT2D eigenvalue weighted by molar-refractivity contribution is -0.156. The zero-order chi connectivity index (χ0) is 34.0. The molecule has 2 aromatic rings. The van der Waals surface area contributed by atoms with Crippen LogP contribution in [0, 0.1) is 5.92 Å². The van der Waals surface area contributed by atoms with E-state index in [0.717, 1.165) is 12.0 Å². The first-order valence-electron chi connectivity index (χ1n) is 15.5. The molecule has 0 aliphatic carbocycles. The molecule has 252 valence electrons. The smallest absolute Gasteiger partial charge is 0.408 e. The minimum Gasteiger partial charge on any atom is -0.461 e. The van der Waals surface area contributed by atoms with Gasteiger partial charge in [-0.2, -0.15) is 0 Å². The van der Waals surface area contributed by atoms with Gasteiger partial charge >= 0.3 is 18.0 Å². The van der Waals surface area contributed by atoms with E-state index < -0.39 is 48.5 Å². The van der Waals surface area contributed by atoms with Crippen LogP contribution in [0.25, 0.3) is 0 Å². The van der Waals surface area contributed by atoms with Gasteiger partial charge in [0.2, 0.25) is 11.8 Å². The molecule has 0 saturated carbocycles. The molecule has 1 heterocycles. The number of hydrogen-bond acceptors (Lipinski definition) is 9. The van der Waals surface area contributed by atoms with Gasteiger partial charge in [0.15, 0.2) is 6.04 Å². The van der Waals surface area contributed by atoms with Crippen molar-refractivity contribution < 1.29 is 43.3 Å². The Bertz CT molecular complexity index is 1350. The van der Waals surface area contributed by atoms with Gasteiger partial charge in [0.25, 0.3) is 0 Å². The molecule has 1 aliphatic rings. The zero-order valence-corrected chi connectivity index (χ0v) is 26.4. The van der Waals surface area contributed by atoms with Gasteiger partial charge in [0.05, 0.1) is 18.6 Å². The van der Waals surface area contributed by atoms with Gasteiger partial charge in [0.1, 0.15) is 25.9 Å². The van der Waals surface area contributed by atoms with Crippen LogP contribution in [-0.2, 0) is 46.6 Å². The van der Waals surface area contributed by atoms with Crippen LogP contribution in [0.2, 0.25) is 0 Å². The standard InChI is InChI=1S/C35H43N3O9/c1-3-12-27(20-31(40)38-19-11-18-28(38)21-39)32(41)36-30(34(43)45-22-25-14-7-5-8-15-25)24-46-33(42)29(13-4-2)37-35(44)47-23-26-16-9-6-10-17-26/h3-10,14-17,27-30,39H,1-2,11-13,18-24H2,(H,36,41)(H,37,44). The van der Waals surface area contributed by atoms with Crippen LogP contribution < -0.4 is 10.6 Å². The van der Waals surface area contributed by atoms with E-state index in [-0.39, 0.29) is 51.0 Å². The zero-order valence-electron chi connectivity index (χ0n) is 26.4. The topological polar surface area (TPSA) is 161 Å². The van der Waals surface area contributed by atoms with Crippen molar-refractivity contribution in [3.05, 3.63) is 97.1 Å². The fraction of sp³-hybridized carbons (Fsp3) is 0.400. The molecule has 4 atom stereocenters. The van der Waals surface area contributed by atoms with Gasteiger partial charge in [-0.3, -0.25) is 9.59 Å². The molecule has 12 nitrogen and oxygen atoms in total. The molecule has 1 saturated heterocycles. The third-order valence-corrected chi connectivity index (χ3v) is 7.56. The predicted molar refractivity (Wildman–Crippen MR) is 172 cm³/mol. The Labute approximate surface area is 274 Å². The van der Waals surface area contributed by atoms with Crippen molar-refractivity contribution in [3.8, 4) is 0 Å². The summed E-state index contributed by atoms with van der Waals surface area (Å²) in [6, 6.07) is 15.0. The predicted octanol–water partition coefficient (Wildman–Crippen LogP) is 3.19. The molecule has 1 aliphatic heterocycles. The summed E-state index contributed by atoms with van der Waals surface area (Å²) in [7, 11) is 0. The fourth-order valence-electron chi connectivity index (χ4n) is 5.01. The van der Waals surface area contributed by atoms with E-state index in [0.29, 0.717) is 18.5 Å². The number of amides is 3. The Morgan fingerprint density at radius 1 is 0.830 bits per heavy atom. The van der Waals surface area contributed by atoms with Crippen LogP contribution in [0.5, 0.6) is 0 Å². The normalized spacial score (nSPS) is 15.8. The molecule has 0 bridgehead atoms. The minimum atomic E-state index is -1.43. The summed E-state index contributed by atoms with van der Waals surface area (Å²) in [5, 5.41) is 14.6. The Morgan fingerprint density at radius 3 is 2.02 bits per heavy atom. The lowest BCUT2D eigenvalue weighted by Gasteiger charge is -2.26. The average Bonchev–Trinajstić information content (AvgIpc) is 3.58. The Hall–Kier alpha value is -4.97. The molecule has 1 fully saturated rings. The number of nitrogens with one attached hydrogen (secondary N) is 2. The minimum absolute atomic E-state index is 0.00358. The number of allylic oxidation sites excluding steroid dienone is 1. The summed E-state index contributed by atoms with van der Waals surface area (Å²) >= 11 is 0. The maximum Gasteiger partial charge on any atom is 0.408 e. The Balaban J connectivity index is 1.67. The molecule has 12 heteroatoms. The lowest BCUT2D eigenvalue weighted by Crippen LogP contribution is -2.49. The van der Waals surface area contributed by atoms with E-state index in [1.165, 1.54) is 12.2 Å². The van der Waals surface area contributed by atoms with Crippen LogP contribution >= 0.6 is 0 Å². The summed E-state index contributed by atoms with van der Waals surface area (Å²) in [6.45, 7) is 6.89. The van der Waals surface area contributed by atoms with Crippen molar-refractivity contribution in [2.45, 2.75) is 63.4 Å². The largest absolute Gasteiger partial charge is 0.461 e. The first-order chi connectivity index (χ1) is 22.7. The van der Waals surface area contributed by atoms with Crippen LogP contribution in [0.4, 0.5) is 4.79 Å². The van der Waals surface area contributed by atoms with E-state index in [2.05, 4.69) is 23.8 Å². The molecule has 2 aromatic carbocycles. The van der Waals surface area contributed by atoms with Crippen molar-refractivity contribution in [2.24, 2.45) is 5.92 Å². The Kier molecular flexibility index (Phi) is 15.2. The number of esters is 2. The first-order valence-corrected chi connectivity index (χ1v) is 15.5. The maximum atomic E-state index is 13.4. The van der Waals surface area contributed by atoms with Crippen molar-refractivity contribution >= 4 is 29.8 Å². The highest BCUT2D eigenvalue weighted by molar-refractivity contribution is 5.90. The molecule has 0 radical (unpaired) electrons. The van der Waals surface area contributed by atoms with Crippen molar-refractivity contribution in [1.29, 1.82) is 0 Å². The first kappa shape index (κ1) is 36.5. The van der Waals surface area contributed by atoms with Gasteiger partial charge in [0, 0.05) is 13.0 Å². The van der Waals surface area contributed by atoms with Crippen LogP contribution in [-0.4, -0.2) is 77.7 Å². The monoisotopic (exact) mass is 649 g/mol. The van der Waals surface area contributed by atoms with E-state index in [1.807, 2.05) is 12.1 Å². The molecule has 47 heavy (non-hydrogen) atoms. The summed E-state index contributed by atoms with van der Waals surface area (Å²) in [5.74, 6) is -3.57. The number of benzene rings is 2. The van der Waals surface area contributed by atoms with E-state index in [9.17, 15) is 29.1 Å². The van der Waals surface area contributed by atoms with Gasteiger partial charge in [-0.05, 0) is 36.8 Å². The van der Waals surface area contributed by atoms with Crippen molar-refractivity contribution in [1.82, 2.24) is 15.5 Å². The SMILES string of the molecule is C=CCC(CC(=O)N1CCCC1CO)C(=O)NC(COC(=O)C(CC=C)NC(=O)OCc1ccccc1)C(=O)OCc1ccccc1. The number of rotatable bonds is 18. The average molecular weight is 650 g/mol. The Morgan fingerprint density at radius 2 is 1.43 bits per heavy atom. The molecule has 3 N–H and O–H groups in total. The third kappa shape index (κ3) is 12.0. The summed E-state index contributed by atoms with van der Waals surface area (Å²) in [4.78, 5) is 66.7. The highest BCUT2D eigenvalue weighted by atomic mass is 16.6. The van der Waals surface area contributed by atoms with E-state index in [1.54, 1.807) is 53.4 Å². The van der Waals surface area contributed by atoms with Crippen molar-refractivity contribution in [2.75, 3.05) is 19.8 Å². The van der Waals surface area contributed by atoms with E-state index >= 15 is 0 Å². The number of ether oxygens (including phenoxy) is 3. The van der Waals surface area contributed by atoms with Crippen LogP contribution in [0.3, 0.4) is 0 Å². The van der Waals surface area contributed by atoms with Crippen molar-refractivity contribution in [3.63, 3.8) is 0 Å². The third-order valence-electron chi connectivity index (χ3n) is 7.56. The fourth-order valence-corrected chi connectivity index (χ4v) is 5.01. The highest BCUT2D eigenvalue weighted by Crippen LogP contribution is 2.21. The number of carbonyl (C=O) groups excluding carboxylic acids is 5. The summed E-state index contributed by atoms with van der Waals surface area (Å²) < 4.78 is 16.0. The van der Waals surface area contributed by atoms with Gasteiger partial charge in [-0.25, -0.2) is 14.4 Å². The van der Waals surface area contributed by atoms with Crippen LogP contribution in [0.15, 0.2) is 86.0 Å². The molecule has 3 amide bonds. The molecule has 0 spiro atoms. The molecule has 4 unspecified atom stereocenters. The number of aliphatic hydroxyl groups excluding tert-OH is 1. The quantitative estimate of drug-likeness (QED) is 0.125. The van der Waals surface area contributed by atoms with Gasteiger partial charge in [-0.15, -0.1) is 13.2 Å². The van der Waals surface area contributed by atoms with Gasteiger partial charge < -0.3 is 34.9 Å². The highest BCUT2D eigenvalue weighted by Gasteiger charge is 2.33. The summed E-state index contributed by atoms with van der Waals surface area (Å²) in [6.07, 6.45) is 3.45. The second kappa shape index (κ2) is 19.5. The van der Waals surface area contributed by atoms with E-state index in [4.69, 9.17) is 14.2 Å². The summed E-state index contributed by atoms with van der Waals surface area (Å²) in [5.41, 5.74) is 1.45. The number of alkyl carbamates (subject to hydrolysis) is 1. The van der Waals surface area contributed by atoms with Gasteiger partial charge in [-0.1, -0.05) is 72.8 Å². The molecule has 0 aromatic heterocycles. The lowest BCUT2D eigenvalue weighted by atomic mass is 9.98. The number of carbonyl (C=O) groups is 5.